The average molecular weight is 726 g/mol. The molecule has 0 saturated carbocycles. The maximum atomic E-state index is 11.9. The summed E-state index contributed by atoms with van der Waals surface area (Å²) in [5.74, 6) is -0.0128. The van der Waals surface area contributed by atoms with E-state index in [4.69, 9.17) is 14.6 Å². The highest BCUT2D eigenvalue weighted by atomic mass is 16.5. The molecule has 0 amide bonds. The molecule has 0 spiro atoms. The van der Waals surface area contributed by atoms with Gasteiger partial charge in [0, 0.05) is 13.0 Å². The number of carboxylic acid groups (broad SMARTS) is 1. The van der Waals surface area contributed by atoms with E-state index < -0.39 is 0 Å². The molecule has 0 aliphatic heterocycles. The fourth-order valence-electron chi connectivity index (χ4n) is 7.78. The van der Waals surface area contributed by atoms with Gasteiger partial charge < -0.3 is 19.8 Å². The van der Waals surface area contributed by atoms with Crippen molar-refractivity contribution in [2.45, 2.75) is 240 Å². The second-order valence-corrected chi connectivity index (χ2v) is 15.6. The van der Waals surface area contributed by atoms with Gasteiger partial charge in [-0.25, -0.2) is 0 Å². The summed E-state index contributed by atoms with van der Waals surface area (Å²) >= 11 is 0. The molecule has 51 heavy (non-hydrogen) atoms. The maximum absolute atomic E-state index is 11.9. The van der Waals surface area contributed by atoms with Crippen LogP contribution in [0, 0.1) is 5.41 Å². The first kappa shape index (κ1) is 52.0. The molecule has 0 radical (unpaired) electrons. The highest BCUT2D eigenvalue weighted by molar-refractivity contribution is 5.69. The maximum Gasteiger partial charge on any atom is 0.305 e. The molecule has 0 aromatic carbocycles. The van der Waals surface area contributed by atoms with Crippen LogP contribution in [0.4, 0.5) is 0 Å². The second kappa shape index (κ2) is 43.3. The van der Waals surface area contributed by atoms with E-state index >= 15 is 0 Å². The van der Waals surface area contributed by atoms with Crippen molar-refractivity contribution in [1.29, 1.82) is 0 Å². The Bertz CT molecular complexity index is 672. The lowest BCUT2D eigenvalue weighted by atomic mass is 9.71. The quantitative estimate of drug-likeness (QED) is 0.0371. The Morgan fingerprint density at radius 2 is 0.882 bits per heavy atom. The molecule has 0 rings (SSSR count). The predicted octanol–water partition coefficient (Wildman–Crippen LogP) is 13.5. The molecule has 0 saturated heterocycles. The Balaban J connectivity index is 0. The largest absolute Gasteiger partial charge is 0.483 e. The summed E-state index contributed by atoms with van der Waals surface area (Å²) in [4.78, 5) is 22.8. The second-order valence-electron chi connectivity index (χ2n) is 15.6. The van der Waals surface area contributed by atoms with Crippen molar-refractivity contribution in [3.63, 3.8) is 0 Å². The molecule has 0 aromatic heterocycles. The summed E-state index contributed by atoms with van der Waals surface area (Å²) in [6.45, 7) is 12.9. The van der Waals surface area contributed by atoms with Gasteiger partial charge in [-0.05, 0) is 69.9 Å². The van der Waals surface area contributed by atoms with Gasteiger partial charge in [0.05, 0.1) is 13.2 Å². The first-order valence-electron chi connectivity index (χ1n) is 22.6. The van der Waals surface area contributed by atoms with E-state index in [2.05, 4.69) is 32.6 Å². The fraction of sp³-hybridized carbons (Fsp3) is 0.956. The lowest BCUT2D eigenvalue weighted by molar-refractivity contribution is -0.143. The molecule has 0 heterocycles. The standard InChI is InChI=1S/C44H89NO3.CH2O2/c1-5-9-12-15-20-27-35-44(34-8-4,36-28-21-16-13-10-6-2)37-29-22-18-24-31-39-45(40-41-46)38-30-23-17-19-26-33-43(47)48-42-32-25-14-11-7-3;2-1-3/h46H,5-42H2,1-4H3;1H,(H,2,3). The van der Waals surface area contributed by atoms with Crippen molar-refractivity contribution in [2.24, 2.45) is 5.41 Å². The predicted molar refractivity (Wildman–Crippen MR) is 221 cm³/mol. The van der Waals surface area contributed by atoms with Gasteiger partial charge >= 0.3 is 5.97 Å². The summed E-state index contributed by atoms with van der Waals surface area (Å²) in [6.07, 6.45) is 43.2. The van der Waals surface area contributed by atoms with Gasteiger partial charge in [-0.3, -0.25) is 9.59 Å². The Labute approximate surface area is 319 Å². The van der Waals surface area contributed by atoms with Gasteiger partial charge in [-0.2, -0.15) is 0 Å². The molecule has 0 fully saturated rings. The van der Waals surface area contributed by atoms with Crippen LogP contribution >= 0.6 is 0 Å². The van der Waals surface area contributed by atoms with Gasteiger partial charge in [-0.1, -0.05) is 182 Å². The molecule has 6 nitrogen and oxygen atoms in total. The van der Waals surface area contributed by atoms with E-state index in [1.807, 2.05) is 0 Å². The lowest BCUT2D eigenvalue weighted by Crippen LogP contribution is -2.29. The minimum Gasteiger partial charge on any atom is -0.483 e. The van der Waals surface area contributed by atoms with E-state index in [1.165, 1.54) is 186 Å². The monoisotopic (exact) mass is 726 g/mol. The normalized spacial score (nSPS) is 11.5. The molecule has 0 atom stereocenters. The van der Waals surface area contributed by atoms with Crippen LogP contribution < -0.4 is 0 Å². The topological polar surface area (TPSA) is 87.1 Å². The minimum atomic E-state index is -0.250. The number of unbranched alkanes of at least 4 members (excludes halogenated alkanes) is 22. The third-order valence-electron chi connectivity index (χ3n) is 10.9. The number of nitrogens with zero attached hydrogens (tertiary/aromatic N) is 1. The number of esters is 1. The summed E-state index contributed by atoms with van der Waals surface area (Å²) < 4.78 is 5.39. The molecule has 0 aliphatic rings. The molecule has 306 valence electrons. The first-order valence-corrected chi connectivity index (χ1v) is 22.6. The number of carbonyl (C=O) groups excluding carboxylic acids is 1. The molecular formula is C45H91NO5. The van der Waals surface area contributed by atoms with Crippen LogP contribution in [-0.4, -0.2) is 60.4 Å². The van der Waals surface area contributed by atoms with Crippen LogP contribution in [0.5, 0.6) is 0 Å². The summed E-state index contributed by atoms with van der Waals surface area (Å²) in [5.41, 5.74) is 0.610. The van der Waals surface area contributed by atoms with Crippen LogP contribution in [0.25, 0.3) is 0 Å². The summed E-state index contributed by atoms with van der Waals surface area (Å²) in [7, 11) is 0. The van der Waals surface area contributed by atoms with Crippen LogP contribution in [-0.2, 0) is 14.3 Å². The number of carbonyl (C=O) groups is 2. The van der Waals surface area contributed by atoms with Crippen molar-refractivity contribution in [3.05, 3.63) is 0 Å². The van der Waals surface area contributed by atoms with Crippen LogP contribution in [0.2, 0.25) is 0 Å². The van der Waals surface area contributed by atoms with Gasteiger partial charge in [0.1, 0.15) is 0 Å². The van der Waals surface area contributed by atoms with Crippen LogP contribution in [0.3, 0.4) is 0 Å². The van der Waals surface area contributed by atoms with Crippen molar-refractivity contribution in [1.82, 2.24) is 4.90 Å². The third-order valence-corrected chi connectivity index (χ3v) is 10.9. The van der Waals surface area contributed by atoms with Crippen molar-refractivity contribution in [2.75, 3.05) is 32.8 Å². The molecule has 6 heteroatoms. The van der Waals surface area contributed by atoms with Crippen molar-refractivity contribution < 1.29 is 24.5 Å². The highest BCUT2D eigenvalue weighted by Gasteiger charge is 2.27. The van der Waals surface area contributed by atoms with E-state index in [0.717, 1.165) is 38.9 Å². The van der Waals surface area contributed by atoms with Crippen molar-refractivity contribution >= 4 is 12.4 Å². The molecule has 0 bridgehead atoms. The van der Waals surface area contributed by atoms with Gasteiger partial charge in [0.15, 0.2) is 0 Å². The number of ether oxygens (including phenoxy) is 1. The average Bonchev–Trinajstić information content (AvgIpc) is 3.12. The third kappa shape index (κ3) is 38.4. The zero-order valence-corrected chi connectivity index (χ0v) is 35.0. The number of hydrogen-bond acceptors (Lipinski definition) is 5. The van der Waals surface area contributed by atoms with Gasteiger partial charge in [-0.15, -0.1) is 0 Å². The zero-order chi connectivity index (χ0) is 37.9. The smallest absolute Gasteiger partial charge is 0.305 e. The Kier molecular flexibility index (Phi) is 44.1. The number of aliphatic hydroxyl groups excluding tert-OH is 1. The number of hydrogen-bond donors (Lipinski definition) is 2. The molecule has 0 unspecified atom stereocenters. The number of rotatable bonds is 40. The van der Waals surface area contributed by atoms with Gasteiger partial charge in [0.2, 0.25) is 0 Å². The highest BCUT2D eigenvalue weighted by Crippen LogP contribution is 2.41. The van der Waals surface area contributed by atoms with Gasteiger partial charge in [0.25, 0.3) is 6.47 Å². The van der Waals surface area contributed by atoms with Crippen LogP contribution in [0.1, 0.15) is 240 Å². The lowest BCUT2D eigenvalue weighted by Gasteiger charge is -2.35. The first-order chi connectivity index (χ1) is 25.0. The molecular weight excluding hydrogens is 634 g/mol. The molecule has 2 N–H and O–H groups in total. The molecule has 0 aliphatic carbocycles. The fourth-order valence-corrected chi connectivity index (χ4v) is 7.78. The Hall–Kier alpha value is -1.14. The van der Waals surface area contributed by atoms with E-state index in [0.29, 0.717) is 18.4 Å². The molecule has 0 aromatic rings. The zero-order valence-electron chi connectivity index (χ0n) is 35.0. The SMILES string of the molecule is CCCCCCCCC(CCC)(CCCCCCCC)CCCCCCCN(CCO)CCCCCCCC(=O)OCCCCCCC.O=CO. The summed E-state index contributed by atoms with van der Waals surface area (Å²) in [6, 6.07) is 0. The van der Waals surface area contributed by atoms with Crippen molar-refractivity contribution in [3.8, 4) is 0 Å². The Morgan fingerprint density at radius 3 is 1.29 bits per heavy atom. The van der Waals surface area contributed by atoms with E-state index in [1.54, 1.807) is 0 Å². The Morgan fingerprint density at radius 1 is 0.510 bits per heavy atom. The summed E-state index contributed by atoms with van der Waals surface area (Å²) in [5, 5.41) is 16.5. The van der Waals surface area contributed by atoms with E-state index in [-0.39, 0.29) is 19.0 Å². The van der Waals surface area contributed by atoms with Crippen LogP contribution in [0.15, 0.2) is 0 Å². The number of aliphatic hydroxyl groups is 1. The minimum absolute atomic E-state index is 0.0128. The van der Waals surface area contributed by atoms with E-state index in [9.17, 15) is 9.90 Å².